The number of rotatable bonds is 6. The standard InChI is InChI=1S/C21H23N7O2S4/c1-11-15(8-29)33-19(22-11)25-20-28(6)14(10-32-20)7-13-9-31-18(23-13)24-21-27(5)12(2)16(34-21)17(30)26(3)4/h8-10H,7H2,1-6H3/b24-21+,25-20+. The van der Waals surface area contributed by atoms with Gasteiger partial charge in [0.05, 0.1) is 16.3 Å². The predicted molar refractivity (Wildman–Crippen MR) is 137 cm³/mol. The molecule has 4 aromatic heterocycles. The van der Waals surface area contributed by atoms with E-state index in [9.17, 15) is 9.59 Å². The van der Waals surface area contributed by atoms with Gasteiger partial charge in [0.1, 0.15) is 4.88 Å². The summed E-state index contributed by atoms with van der Waals surface area (Å²) in [6.07, 6.45) is 1.46. The molecule has 0 N–H and O–H groups in total. The third kappa shape index (κ3) is 4.87. The van der Waals surface area contributed by atoms with Crippen LogP contribution >= 0.6 is 45.3 Å². The molecule has 0 spiro atoms. The normalized spacial score (nSPS) is 12.5. The molecule has 4 rings (SSSR count). The second-order valence-corrected chi connectivity index (χ2v) is 11.4. The Morgan fingerprint density at radius 3 is 2.44 bits per heavy atom. The van der Waals surface area contributed by atoms with E-state index < -0.39 is 0 Å². The van der Waals surface area contributed by atoms with Crippen LogP contribution in [0.2, 0.25) is 0 Å². The van der Waals surface area contributed by atoms with E-state index in [4.69, 9.17) is 0 Å². The van der Waals surface area contributed by atoms with Gasteiger partial charge in [-0.3, -0.25) is 9.59 Å². The van der Waals surface area contributed by atoms with Gasteiger partial charge in [0.15, 0.2) is 15.9 Å². The maximum Gasteiger partial charge on any atom is 0.265 e. The molecule has 4 aromatic rings. The van der Waals surface area contributed by atoms with Crippen molar-refractivity contribution in [2.75, 3.05) is 14.1 Å². The van der Waals surface area contributed by atoms with Crippen LogP contribution in [-0.2, 0) is 20.5 Å². The van der Waals surface area contributed by atoms with Crippen molar-refractivity contribution in [1.82, 2.24) is 24.0 Å². The second kappa shape index (κ2) is 9.86. The summed E-state index contributed by atoms with van der Waals surface area (Å²) in [5.74, 6) is -0.0270. The van der Waals surface area contributed by atoms with Gasteiger partial charge in [-0.15, -0.1) is 22.7 Å². The Hall–Kier alpha value is -2.74. The molecule has 0 aliphatic carbocycles. The Labute approximate surface area is 212 Å². The lowest BCUT2D eigenvalue weighted by atomic mass is 10.3. The molecule has 0 unspecified atom stereocenters. The molecule has 178 valence electrons. The number of nitrogens with zero attached hydrogens (tertiary/aromatic N) is 7. The topological polar surface area (TPSA) is 97.7 Å². The molecule has 4 heterocycles. The Balaban J connectivity index is 1.58. The number of hydrogen-bond acceptors (Lipinski definition) is 10. The van der Waals surface area contributed by atoms with Gasteiger partial charge in [0, 0.05) is 56.8 Å². The van der Waals surface area contributed by atoms with Crippen LogP contribution in [0.25, 0.3) is 0 Å². The third-order valence-electron chi connectivity index (χ3n) is 5.14. The second-order valence-electron chi connectivity index (χ2n) is 7.71. The Bertz CT molecular complexity index is 1510. The molecule has 0 radical (unpaired) electrons. The van der Waals surface area contributed by atoms with Crippen molar-refractivity contribution in [3.8, 4) is 0 Å². The molecule has 0 atom stereocenters. The van der Waals surface area contributed by atoms with Crippen molar-refractivity contribution in [3.05, 3.63) is 52.9 Å². The van der Waals surface area contributed by atoms with E-state index in [0.29, 0.717) is 32.1 Å². The van der Waals surface area contributed by atoms with Crippen LogP contribution in [0, 0.1) is 13.8 Å². The number of aldehydes is 1. The Morgan fingerprint density at radius 1 is 1.03 bits per heavy atom. The van der Waals surface area contributed by atoms with Crippen molar-refractivity contribution < 1.29 is 9.59 Å². The van der Waals surface area contributed by atoms with Crippen molar-refractivity contribution in [1.29, 1.82) is 0 Å². The number of carbonyl (C=O) groups is 2. The average molecular weight is 534 g/mol. The molecule has 0 saturated heterocycles. The van der Waals surface area contributed by atoms with Crippen LogP contribution in [0.4, 0.5) is 10.3 Å². The molecule has 0 fully saturated rings. The first-order chi connectivity index (χ1) is 16.2. The number of carbonyl (C=O) groups excluding carboxylic acids is 2. The zero-order chi connectivity index (χ0) is 24.6. The first-order valence-electron chi connectivity index (χ1n) is 10.2. The highest BCUT2D eigenvalue weighted by Gasteiger charge is 2.17. The molecule has 0 aliphatic heterocycles. The van der Waals surface area contributed by atoms with E-state index in [0.717, 1.165) is 33.0 Å². The van der Waals surface area contributed by atoms with Gasteiger partial charge in [-0.05, 0) is 13.8 Å². The molecule has 1 amide bonds. The van der Waals surface area contributed by atoms with E-state index in [-0.39, 0.29) is 5.91 Å². The quantitative estimate of drug-likeness (QED) is 0.354. The molecule has 0 bridgehead atoms. The summed E-state index contributed by atoms with van der Waals surface area (Å²) >= 11 is 5.66. The van der Waals surface area contributed by atoms with Crippen molar-refractivity contribution >= 4 is 67.8 Å². The average Bonchev–Trinajstić information content (AvgIpc) is 3.55. The summed E-state index contributed by atoms with van der Waals surface area (Å²) in [4.78, 5) is 46.2. The predicted octanol–water partition coefficient (Wildman–Crippen LogP) is 3.59. The van der Waals surface area contributed by atoms with Gasteiger partial charge in [0.25, 0.3) is 5.91 Å². The SMILES string of the molecule is Cc1nc(/N=c2/scc(Cc3csc(/N=c4/sc(C(=O)N(C)C)c(C)n4C)n3)n2C)sc1C=O. The fourth-order valence-electron chi connectivity index (χ4n) is 3.02. The summed E-state index contributed by atoms with van der Waals surface area (Å²) in [7, 11) is 7.36. The lowest BCUT2D eigenvalue weighted by molar-refractivity contribution is 0.0831. The molecule has 0 aromatic carbocycles. The lowest BCUT2D eigenvalue weighted by Gasteiger charge is -2.08. The van der Waals surface area contributed by atoms with Crippen LogP contribution in [0.15, 0.2) is 20.7 Å². The molecule has 13 heteroatoms. The number of aryl methyl sites for hydroxylation is 1. The van der Waals surface area contributed by atoms with E-state index in [2.05, 4.69) is 25.3 Å². The number of thiazole rings is 4. The molecule has 34 heavy (non-hydrogen) atoms. The highest BCUT2D eigenvalue weighted by molar-refractivity contribution is 7.17. The van der Waals surface area contributed by atoms with Gasteiger partial charge in [-0.25, -0.2) is 9.97 Å². The smallest absolute Gasteiger partial charge is 0.265 e. The fourth-order valence-corrected chi connectivity index (χ4v) is 6.62. The summed E-state index contributed by atoms with van der Waals surface area (Å²) in [5, 5.41) is 5.28. The minimum Gasteiger partial charge on any atom is -0.344 e. The minimum absolute atomic E-state index is 0.0270. The van der Waals surface area contributed by atoms with Gasteiger partial charge < -0.3 is 14.0 Å². The number of amides is 1. The van der Waals surface area contributed by atoms with Crippen molar-refractivity contribution in [2.24, 2.45) is 24.1 Å². The van der Waals surface area contributed by atoms with Crippen LogP contribution < -0.4 is 9.60 Å². The molecular formula is C21H23N7O2S4. The largest absolute Gasteiger partial charge is 0.344 e. The zero-order valence-corrected chi connectivity index (χ0v) is 22.8. The highest BCUT2D eigenvalue weighted by Crippen LogP contribution is 2.24. The van der Waals surface area contributed by atoms with Crippen molar-refractivity contribution in [2.45, 2.75) is 20.3 Å². The van der Waals surface area contributed by atoms with Gasteiger partial charge >= 0.3 is 0 Å². The van der Waals surface area contributed by atoms with Crippen LogP contribution in [0.1, 0.15) is 42.1 Å². The highest BCUT2D eigenvalue weighted by atomic mass is 32.1. The minimum atomic E-state index is -0.0270. The van der Waals surface area contributed by atoms with E-state index in [1.807, 2.05) is 42.5 Å². The zero-order valence-electron chi connectivity index (χ0n) is 19.5. The van der Waals surface area contributed by atoms with Crippen molar-refractivity contribution in [3.63, 3.8) is 0 Å². The van der Waals surface area contributed by atoms with Crippen LogP contribution in [0.5, 0.6) is 0 Å². The van der Waals surface area contributed by atoms with Gasteiger partial charge in [-0.1, -0.05) is 22.7 Å². The van der Waals surface area contributed by atoms with E-state index in [1.54, 1.807) is 19.0 Å². The summed E-state index contributed by atoms with van der Waals surface area (Å²) < 4.78 is 3.94. The third-order valence-corrected chi connectivity index (χ3v) is 9.09. The first-order valence-corrected chi connectivity index (χ1v) is 13.5. The Kier molecular flexibility index (Phi) is 7.07. The summed E-state index contributed by atoms with van der Waals surface area (Å²) in [5.41, 5.74) is 3.57. The van der Waals surface area contributed by atoms with Gasteiger partial charge in [0.2, 0.25) is 10.3 Å². The number of hydrogen-bond donors (Lipinski definition) is 0. The lowest BCUT2D eigenvalue weighted by Crippen LogP contribution is -2.21. The first kappa shape index (κ1) is 24.4. The maximum absolute atomic E-state index is 12.4. The van der Waals surface area contributed by atoms with E-state index >= 15 is 0 Å². The summed E-state index contributed by atoms with van der Waals surface area (Å²) in [6.45, 7) is 3.73. The van der Waals surface area contributed by atoms with Crippen LogP contribution in [-0.4, -0.2) is 50.3 Å². The van der Waals surface area contributed by atoms with Crippen LogP contribution in [0.3, 0.4) is 0 Å². The molecule has 0 saturated carbocycles. The van der Waals surface area contributed by atoms with E-state index in [1.165, 1.54) is 45.3 Å². The summed E-state index contributed by atoms with van der Waals surface area (Å²) in [6, 6.07) is 0. The molecular weight excluding hydrogens is 511 g/mol. The maximum atomic E-state index is 12.4. The molecule has 0 aliphatic rings. The van der Waals surface area contributed by atoms with Gasteiger partial charge in [-0.2, -0.15) is 9.98 Å². The molecule has 9 nitrogen and oxygen atoms in total. The monoisotopic (exact) mass is 533 g/mol. The Morgan fingerprint density at radius 2 is 1.76 bits per heavy atom. The number of aromatic nitrogens is 4. The fraction of sp³-hybridized carbons (Fsp3) is 0.333.